The first-order valence-electron chi connectivity index (χ1n) is 7.42. The first-order valence-corrected chi connectivity index (χ1v) is 9.35. The molecule has 0 aliphatic heterocycles. The second-order valence-electron chi connectivity index (χ2n) is 6.00. The van der Waals surface area contributed by atoms with Crippen LogP contribution in [0.25, 0.3) is 0 Å². The molecule has 0 fully saturated rings. The highest BCUT2D eigenvalue weighted by molar-refractivity contribution is 7.89. The van der Waals surface area contributed by atoms with Crippen LogP contribution in [0, 0.1) is 0 Å². The zero-order chi connectivity index (χ0) is 20.5. The van der Waals surface area contributed by atoms with Crippen LogP contribution in [0.5, 0.6) is 5.75 Å². The molecule has 3 N–H and O–H groups in total. The van der Waals surface area contributed by atoms with E-state index in [1.807, 2.05) is 0 Å². The zero-order valence-corrected chi connectivity index (χ0v) is 15.8. The van der Waals surface area contributed by atoms with Crippen molar-refractivity contribution < 1.29 is 26.3 Å². The molecule has 0 spiro atoms. The molecule has 2 aromatic rings. The monoisotopic (exact) mass is 424 g/mol. The Labute approximate surface area is 158 Å². The van der Waals surface area contributed by atoms with Gasteiger partial charge in [0.15, 0.2) is 5.60 Å². The normalized spacial score (nSPS) is 12.7. The molecule has 1 aromatic carbocycles. The van der Waals surface area contributed by atoms with Crippen molar-refractivity contribution in [1.29, 1.82) is 0 Å². The van der Waals surface area contributed by atoms with Gasteiger partial charge in [-0.3, -0.25) is 0 Å². The molecule has 7 nitrogen and oxygen atoms in total. The van der Waals surface area contributed by atoms with E-state index in [0.29, 0.717) is 0 Å². The van der Waals surface area contributed by atoms with Crippen LogP contribution >= 0.6 is 11.6 Å². The van der Waals surface area contributed by atoms with Gasteiger partial charge >= 0.3 is 6.18 Å². The zero-order valence-electron chi connectivity index (χ0n) is 14.2. The van der Waals surface area contributed by atoms with E-state index in [1.54, 1.807) is 0 Å². The van der Waals surface area contributed by atoms with Crippen LogP contribution in [-0.2, 0) is 16.6 Å². The van der Waals surface area contributed by atoms with Gasteiger partial charge in [0.05, 0.1) is 4.90 Å². The Bertz CT molecular complexity index is 936. The molecule has 0 aliphatic carbocycles. The fourth-order valence-electron chi connectivity index (χ4n) is 1.92. The first kappa shape index (κ1) is 21.2. The lowest BCUT2D eigenvalue weighted by Crippen LogP contribution is -2.44. The van der Waals surface area contributed by atoms with Crippen LogP contribution in [0.3, 0.4) is 0 Å². The molecule has 0 unspecified atom stereocenters. The molecule has 148 valence electrons. The van der Waals surface area contributed by atoms with Crippen molar-refractivity contribution in [1.82, 2.24) is 9.97 Å². The maximum Gasteiger partial charge on any atom is 0.427 e. The van der Waals surface area contributed by atoms with Gasteiger partial charge in [0, 0.05) is 18.2 Å². The molecule has 0 saturated heterocycles. The number of anilines is 1. The van der Waals surface area contributed by atoms with Crippen molar-refractivity contribution in [2.24, 2.45) is 5.14 Å². The van der Waals surface area contributed by atoms with Crippen LogP contribution in [0.15, 0.2) is 35.5 Å². The number of alkyl halides is 3. The smallest absolute Gasteiger partial charge is 0.427 e. The molecule has 0 amide bonds. The number of nitrogens with two attached hydrogens (primary N) is 1. The number of sulfonamides is 1. The van der Waals surface area contributed by atoms with Crippen molar-refractivity contribution in [3.63, 3.8) is 0 Å². The average molecular weight is 425 g/mol. The molecule has 0 radical (unpaired) electrons. The Morgan fingerprint density at radius 2 is 1.89 bits per heavy atom. The summed E-state index contributed by atoms with van der Waals surface area (Å²) < 4.78 is 67.6. The predicted molar refractivity (Wildman–Crippen MR) is 92.9 cm³/mol. The third-order valence-corrected chi connectivity index (χ3v) is 4.62. The fourth-order valence-corrected chi connectivity index (χ4v) is 2.63. The molecule has 0 bridgehead atoms. The third kappa shape index (κ3) is 5.44. The summed E-state index contributed by atoms with van der Waals surface area (Å²) in [7, 11) is -4.06. The number of nitrogens with zero attached hydrogens (tertiary/aromatic N) is 2. The summed E-state index contributed by atoms with van der Waals surface area (Å²) >= 11 is 5.74. The van der Waals surface area contributed by atoms with Crippen molar-refractivity contribution >= 4 is 27.4 Å². The number of ether oxygens (including phenoxy) is 1. The first-order chi connectivity index (χ1) is 12.3. The van der Waals surface area contributed by atoms with Gasteiger partial charge in [-0.2, -0.15) is 13.2 Å². The van der Waals surface area contributed by atoms with E-state index in [9.17, 15) is 21.6 Å². The van der Waals surface area contributed by atoms with Crippen molar-refractivity contribution in [2.75, 3.05) is 5.32 Å². The Hall–Kier alpha value is -2.11. The molecule has 1 heterocycles. The minimum atomic E-state index is -4.64. The topological polar surface area (TPSA) is 107 Å². The van der Waals surface area contributed by atoms with Crippen molar-refractivity contribution in [2.45, 2.75) is 37.1 Å². The third-order valence-electron chi connectivity index (χ3n) is 3.50. The molecule has 2 rings (SSSR count). The Morgan fingerprint density at radius 1 is 1.22 bits per heavy atom. The second kappa shape index (κ2) is 7.49. The van der Waals surface area contributed by atoms with E-state index >= 15 is 0 Å². The molecule has 1 aromatic heterocycles. The fraction of sp³-hybridized carbons (Fsp3) is 0.333. The van der Waals surface area contributed by atoms with Gasteiger partial charge < -0.3 is 10.1 Å². The van der Waals surface area contributed by atoms with E-state index in [1.165, 1.54) is 12.4 Å². The molecular weight excluding hydrogens is 409 g/mol. The number of halogens is 4. The minimum Gasteiger partial charge on any atom is -0.478 e. The highest BCUT2D eigenvalue weighted by atomic mass is 35.5. The summed E-state index contributed by atoms with van der Waals surface area (Å²) in [6.07, 6.45) is -3.45. The highest BCUT2D eigenvalue weighted by Gasteiger charge is 2.50. The number of rotatable bonds is 6. The lowest BCUT2D eigenvalue weighted by molar-refractivity contribution is -0.234. The van der Waals surface area contributed by atoms with E-state index < -0.39 is 21.8 Å². The average Bonchev–Trinajstić information content (AvgIpc) is 2.51. The maximum absolute atomic E-state index is 13.1. The Morgan fingerprint density at radius 3 is 2.44 bits per heavy atom. The molecule has 12 heteroatoms. The number of hydrogen-bond acceptors (Lipinski definition) is 6. The van der Waals surface area contributed by atoms with Crippen LogP contribution < -0.4 is 15.2 Å². The summed E-state index contributed by atoms with van der Waals surface area (Å²) in [5, 5.41) is 8.06. The second-order valence-corrected chi connectivity index (χ2v) is 7.95. The highest BCUT2D eigenvalue weighted by Crippen LogP contribution is 2.36. The van der Waals surface area contributed by atoms with Crippen LogP contribution in [0.1, 0.15) is 19.4 Å². The number of benzene rings is 1. The molecule has 27 heavy (non-hydrogen) atoms. The lowest BCUT2D eigenvalue weighted by atomic mass is 10.1. The van der Waals surface area contributed by atoms with E-state index in [-0.39, 0.29) is 33.7 Å². The van der Waals surface area contributed by atoms with Crippen molar-refractivity contribution in [3.8, 4) is 5.75 Å². The van der Waals surface area contributed by atoms with E-state index in [2.05, 4.69) is 15.3 Å². The van der Waals surface area contributed by atoms with Crippen LogP contribution in [0.2, 0.25) is 5.15 Å². The summed E-state index contributed by atoms with van der Waals surface area (Å²) in [6.45, 7) is 1.63. The summed E-state index contributed by atoms with van der Waals surface area (Å²) in [6, 6.07) is 4.72. The largest absolute Gasteiger partial charge is 0.478 e. The van der Waals surface area contributed by atoms with Crippen LogP contribution in [0.4, 0.5) is 19.0 Å². The number of hydrogen-bond donors (Lipinski definition) is 2. The SMILES string of the molecule is CC(C)(Oc1ccc(S(N)(=O)=O)cc1CNc1cc(Cl)ncn1)C(F)(F)F. The number of aromatic nitrogens is 2. The quantitative estimate of drug-likeness (QED) is 0.690. The molecule has 0 atom stereocenters. The van der Waals surface area contributed by atoms with E-state index in [0.717, 1.165) is 32.0 Å². The predicted octanol–water partition coefficient (Wildman–Crippen LogP) is 3.11. The number of nitrogens with one attached hydrogen (secondary N) is 1. The van der Waals surface area contributed by atoms with Gasteiger partial charge in [-0.25, -0.2) is 23.5 Å². The lowest BCUT2D eigenvalue weighted by Gasteiger charge is -2.30. The Kier molecular flexibility index (Phi) is 5.88. The summed E-state index contributed by atoms with van der Waals surface area (Å²) in [5.74, 6) is 0.134. The van der Waals surface area contributed by atoms with Gasteiger partial charge in [0.25, 0.3) is 0 Å². The van der Waals surface area contributed by atoms with Crippen molar-refractivity contribution in [3.05, 3.63) is 41.3 Å². The van der Waals surface area contributed by atoms with Gasteiger partial charge in [-0.15, -0.1) is 0 Å². The summed E-state index contributed by atoms with van der Waals surface area (Å²) in [4.78, 5) is 7.34. The van der Waals surface area contributed by atoms with Gasteiger partial charge in [0.1, 0.15) is 23.0 Å². The number of primary sulfonamides is 1. The van der Waals surface area contributed by atoms with Gasteiger partial charge in [-0.05, 0) is 32.0 Å². The minimum absolute atomic E-state index is 0.0972. The summed E-state index contributed by atoms with van der Waals surface area (Å²) in [5.41, 5.74) is -2.36. The molecular formula is C15H16ClF3N4O3S. The molecule has 0 aliphatic rings. The standard InChI is InChI=1S/C15H16ClF3N4O3S/c1-14(2,15(17,18)19)26-11-4-3-10(27(20,24)25)5-9(11)7-21-13-6-12(16)22-8-23-13/h3-6,8H,7H2,1-2H3,(H2,20,24,25)(H,21,22,23). The molecule has 0 saturated carbocycles. The van der Waals surface area contributed by atoms with Crippen LogP contribution in [-0.4, -0.2) is 30.2 Å². The Balaban J connectivity index is 2.38. The van der Waals surface area contributed by atoms with Gasteiger partial charge in [-0.1, -0.05) is 11.6 Å². The van der Waals surface area contributed by atoms with Gasteiger partial charge in [0.2, 0.25) is 10.0 Å². The maximum atomic E-state index is 13.1. The van der Waals surface area contributed by atoms with E-state index in [4.69, 9.17) is 21.5 Å².